The monoisotopic (exact) mass is 257 g/mol. The number of aryl methyl sites for hydroxylation is 1. The molecule has 1 aromatic heterocycles. The molecule has 1 aromatic carbocycles. The smallest absolute Gasteiger partial charge is 0.160 e. The van der Waals surface area contributed by atoms with Crippen molar-refractivity contribution < 1.29 is 0 Å². The summed E-state index contributed by atoms with van der Waals surface area (Å²) in [5.41, 5.74) is 2.16. The largest absolute Gasteiger partial charge is 0.236 e. The maximum absolute atomic E-state index is 9.32. The zero-order chi connectivity index (χ0) is 14.9. The molecule has 0 bridgehead atoms. The maximum Gasteiger partial charge on any atom is 0.160 e. The summed E-state index contributed by atoms with van der Waals surface area (Å²) in [6, 6.07) is 9.34. The van der Waals surface area contributed by atoms with Gasteiger partial charge in [0.1, 0.15) is 29.8 Å². The van der Waals surface area contributed by atoms with Gasteiger partial charge in [-0.1, -0.05) is 0 Å². The van der Waals surface area contributed by atoms with Gasteiger partial charge in [0.25, 0.3) is 0 Å². The summed E-state index contributed by atoms with van der Waals surface area (Å²) >= 11 is 0. The highest BCUT2D eigenvalue weighted by Gasteiger charge is 2.19. The van der Waals surface area contributed by atoms with E-state index >= 15 is 0 Å². The highest BCUT2D eigenvalue weighted by molar-refractivity contribution is 5.94. The molecule has 0 saturated carbocycles. The van der Waals surface area contributed by atoms with E-state index in [9.17, 15) is 10.5 Å². The minimum Gasteiger partial charge on any atom is -0.236 e. The summed E-state index contributed by atoms with van der Waals surface area (Å²) < 4.78 is 0. The van der Waals surface area contributed by atoms with E-state index in [-0.39, 0.29) is 16.8 Å². The first kappa shape index (κ1) is 13.0. The summed E-state index contributed by atoms with van der Waals surface area (Å²) in [6.45, 7) is 3.60. The highest BCUT2D eigenvalue weighted by atomic mass is 14.7. The third-order valence-electron chi connectivity index (χ3n) is 3.24. The number of aromatic nitrogens is 1. The van der Waals surface area contributed by atoms with Crippen LogP contribution in [-0.4, -0.2) is 4.98 Å². The van der Waals surface area contributed by atoms with E-state index < -0.39 is 0 Å². The molecule has 0 unspecified atom stereocenters. The van der Waals surface area contributed by atoms with E-state index in [2.05, 4.69) is 11.1 Å². The first-order valence-electron chi connectivity index (χ1n) is 5.67. The van der Waals surface area contributed by atoms with Gasteiger partial charge in [0.15, 0.2) is 5.69 Å². The first-order chi connectivity index (χ1) is 9.58. The van der Waals surface area contributed by atoms with E-state index in [1.165, 1.54) is 0 Å². The van der Waals surface area contributed by atoms with Gasteiger partial charge in [-0.3, -0.25) is 0 Å². The Morgan fingerprint density at radius 1 is 0.850 bits per heavy atom. The quantitative estimate of drug-likeness (QED) is 0.719. The van der Waals surface area contributed by atoms with Crippen molar-refractivity contribution in [2.75, 3.05) is 0 Å². The molecule has 20 heavy (non-hydrogen) atoms. The van der Waals surface area contributed by atoms with Gasteiger partial charge in [-0.25, -0.2) is 4.98 Å². The van der Waals surface area contributed by atoms with E-state index in [4.69, 9.17) is 10.5 Å². The summed E-state index contributed by atoms with van der Waals surface area (Å²) in [4.78, 5) is 4.10. The lowest BCUT2D eigenvalue weighted by Gasteiger charge is -2.10. The van der Waals surface area contributed by atoms with Crippen molar-refractivity contribution in [2.45, 2.75) is 13.8 Å². The van der Waals surface area contributed by atoms with Crippen molar-refractivity contribution in [3.05, 3.63) is 39.6 Å². The van der Waals surface area contributed by atoms with Gasteiger partial charge in [0.2, 0.25) is 0 Å². The van der Waals surface area contributed by atoms with Gasteiger partial charge in [-0.15, -0.1) is 0 Å². The van der Waals surface area contributed by atoms with Gasteiger partial charge >= 0.3 is 0 Å². The van der Waals surface area contributed by atoms with Crippen molar-refractivity contribution in [3.8, 4) is 24.3 Å². The molecule has 5 heteroatoms. The molecule has 5 nitrogen and oxygen atoms in total. The Balaban J connectivity index is 3.21. The Morgan fingerprint density at radius 2 is 1.45 bits per heavy atom. The number of rotatable bonds is 0. The molecule has 0 amide bonds. The van der Waals surface area contributed by atoms with Crippen LogP contribution in [0, 0.1) is 59.2 Å². The van der Waals surface area contributed by atoms with Crippen molar-refractivity contribution in [2.24, 2.45) is 0 Å². The third kappa shape index (κ3) is 1.64. The van der Waals surface area contributed by atoms with E-state index in [0.717, 1.165) is 11.1 Å². The fourth-order valence-corrected chi connectivity index (χ4v) is 2.10. The lowest BCUT2D eigenvalue weighted by atomic mass is 9.93. The van der Waals surface area contributed by atoms with E-state index in [1.54, 1.807) is 13.0 Å². The highest BCUT2D eigenvalue weighted by Crippen LogP contribution is 2.29. The van der Waals surface area contributed by atoms with Crippen molar-refractivity contribution in [1.29, 1.82) is 21.0 Å². The Hall–Kier alpha value is -3.41. The minimum absolute atomic E-state index is 0.0358. The molecule has 0 atom stereocenters. The normalized spacial score (nSPS) is 9.30. The Kier molecular flexibility index (Phi) is 3.06. The number of hydrogen-bond acceptors (Lipinski definition) is 5. The average Bonchev–Trinajstić information content (AvgIpc) is 2.46. The topological polar surface area (TPSA) is 108 Å². The lowest BCUT2D eigenvalue weighted by Crippen LogP contribution is -2.01. The van der Waals surface area contributed by atoms with Crippen LogP contribution in [0.25, 0.3) is 10.9 Å². The SMILES string of the molecule is Cc1cc2nc(C#N)c(C#N)c(C#N)c2c(C#N)c1C. The molecule has 2 aromatic rings. The van der Waals surface area contributed by atoms with E-state index in [0.29, 0.717) is 16.5 Å². The summed E-state index contributed by atoms with van der Waals surface area (Å²) in [6.07, 6.45) is 0. The lowest BCUT2D eigenvalue weighted by molar-refractivity contribution is 1.25. The fourth-order valence-electron chi connectivity index (χ4n) is 2.10. The van der Waals surface area contributed by atoms with Crippen LogP contribution in [0.5, 0.6) is 0 Å². The van der Waals surface area contributed by atoms with E-state index in [1.807, 2.05) is 25.1 Å². The summed E-state index contributed by atoms with van der Waals surface area (Å²) in [5, 5.41) is 37.1. The molecule has 2 rings (SSSR count). The van der Waals surface area contributed by atoms with Crippen LogP contribution in [0.3, 0.4) is 0 Å². The second-order valence-corrected chi connectivity index (χ2v) is 4.25. The Labute approximate surface area is 115 Å². The fraction of sp³-hybridized carbons (Fsp3) is 0.133. The van der Waals surface area contributed by atoms with Crippen LogP contribution in [0.4, 0.5) is 0 Å². The number of nitrogens with zero attached hydrogens (tertiary/aromatic N) is 5. The zero-order valence-corrected chi connectivity index (χ0v) is 10.8. The van der Waals surface area contributed by atoms with Gasteiger partial charge in [-0.05, 0) is 31.0 Å². The third-order valence-corrected chi connectivity index (χ3v) is 3.24. The molecular formula is C15H7N5. The van der Waals surface area contributed by atoms with Gasteiger partial charge < -0.3 is 0 Å². The van der Waals surface area contributed by atoms with Crippen LogP contribution >= 0.6 is 0 Å². The molecule has 0 N–H and O–H groups in total. The summed E-state index contributed by atoms with van der Waals surface area (Å²) in [7, 11) is 0. The zero-order valence-electron chi connectivity index (χ0n) is 10.8. The minimum atomic E-state index is -0.0938. The van der Waals surface area contributed by atoms with Crippen molar-refractivity contribution >= 4 is 10.9 Å². The molecule has 0 spiro atoms. The predicted molar refractivity (Wildman–Crippen MR) is 70.1 cm³/mol. The van der Waals surface area contributed by atoms with Gasteiger partial charge in [-0.2, -0.15) is 21.0 Å². The van der Waals surface area contributed by atoms with Crippen LogP contribution in [0.1, 0.15) is 33.5 Å². The van der Waals surface area contributed by atoms with Crippen LogP contribution in [-0.2, 0) is 0 Å². The first-order valence-corrected chi connectivity index (χ1v) is 5.67. The molecular weight excluding hydrogens is 250 g/mol. The van der Waals surface area contributed by atoms with Gasteiger partial charge in [0, 0.05) is 5.39 Å². The second-order valence-electron chi connectivity index (χ2n) is 4.25. The molecule has 92 valence electrons. The Bertz CT molecular complexity index is 911. The molecule has 1 heterocycles. The van der Waals surface area contributed by atoms with Gasteiger partial charge in [0.05, 0.1) is 16.6 Å². The van der Waals surface area contributed by atoms with Crippen molar-refractivity contribution in [1.82, 2.24) is 4.98 Å². The molecule has 0 aliphatic rings. The van der Waals surface area contributed by atoms with Crippen LogP contribution < -0.4 is 0 Å². The number of benzene rings is 1. The van der Waals surface area contributed by atoms with Crippen molar-refractivity contribution in [3.63, 3.8) is 0 Å². The average molecular weight is 257 g/mol. The number of nitriles is 4. The second kappa shape index (κ2) is 4.69. The Morgan fingerprint density at radius 3 is 1.95 bits per heavy atom. The number of pyridine rings is 1. The molecule has 0 saturated heterocycles. The summed E-state index contributed by atoms with van der Waals surface area (Å²) in [5.74, 6) is 0. The molecule has 0 aliphatic heterocycles. The number of fused-ring (bicyclic) bond motifs is 1. The van der Waals surface area contributed by atoms with Crippen LogP contribution in [0.2, 0.25) is 0 Å². The maximum atomic E-state index is 9.32. The standard InChI is InChI=1S/C15H7N5/c1-8-3-13-15(10(4-16)9(8)2)12(6-18)11(5-17)14(7-19)20-13/h3H,1-2H3. The molecule has 0 aliphatic carbocycles. The predicted octanol–water partition coefficient (Wildman–Crippen LogP) is 2.34. The number of hydrogen-bond donors (Lipinski definition) is 0. The molecule has 0 radical (unpaired) electrons. The molecule has 0 fully saturated rings. The van der Waals surface area contributed by atoms with Crippen LogP contribution in [0.15, 0.2) is 6.07 Å².